The van der Waals surface area contributed by atoms with Gasteiger partial charge in [-0.3, -0.25) is 9.55 Å². The fraction of sp³-hybridized carbons (Fsp3) is 0.125. The molecule has 0 atom stereocenters. The van der Waals surface area contributed by atoms with Gasteiger partial charge in [0.2, 0.25) is 0 Å². The predicted octanol–water partition coefficient (Wildman–Crippen LogP) is 1.74. The highest BCUT2D eigenvalue weighted by molar-refractivity contribution is 8.00. The van der Waals surface area contributed by atoms with Gasteiger partial charge in [-0.05, 0) is 18.2 Å². The van der Waals surface area contributed by atoms with Crippen molar-refractivity contribution in [1.82, 2.24) is 0 Å². The monoisotopic (exact) mass is 229 g/mol. The summed E-state index contributed by atoms with van der Waals surface area (Å²) in [5, 5.41) is 0. The second-order valence-corrected chi connectivity index (χ2v) is 5.21. The van der Waals surface area contributed by atoms with Crippen LogP contribution in [0.25, 0.3) is 0 Å². The van der Waals surface area contributed by atoms with Crippen LogP contribution in [0.3, 0.4) is 0 Å². The van der Waals surface area contributed by atoms with Crippen molar-refractivity contribution in [2.75, 3.05) is 5.75 Å². The molecule has 0 amide bonds. The van der Waals surface area contributed by atoms with Gasteiger partial charge in [-0.25, -0.2) is 0 Å². The molecule has 1 heterocycles. The van der Waals surface area contributed by atoms with Gasteiger partial charge in [0.15, 0.2) is 0 Å². The van der Waals surface area contributed by atoms with Crippen molar-refractivity contribution in [1.29, 1.82) is 0 Å². The molecule has 2 rings (SSSR count). The van der Waals surface area contributed by atoms with Crippen molar-refractivity contribution < 1.29 is 13.0 Å². The van der Waals surface area contributed by atoms with Gasteiger partial charge in [-0.15, -0.1) is 11.8 Å². The second kappa shape index (κ2) is 3.38. The SMILES string of the molecule is O=S(=O)(O)c1ccc2c(c1)N=CCS2. The quantitative estimate of drug-likeness (QED) is 0.745. The van der Waals surface area contributed by atoms with Crippen molar-refractivity contribution in [2.45, 2.75) is 9.79 Å². The highest BCUT2D eigenvalue weighted by atomic mass is 32.2. The zero-order chi connectivity index (χ0) is 10.2. The van der Waals surface area contributed by atoms with E-state index >= 15 is 0 Å². The summed E-state index contributed by atoms with van der Waals surface area (Å²) in [5.74, 6) is 0.790. The Kier molecular flexibility index (Phi) is 2.34. The number of aliphatic imine (C=N–C) groups is 1. The molecule has 1 aliphatic heterocycles. The van der Waals surface area contributed by atoms with Gasteiger partial charge < -0.3 is 0 Å². The molecule has 6 heteroatoms. The Morgan fingerprint density at radius 3 is 2.93 bits per heavy atom. The van der Waals surface area contributed by atoms with Crippen LogP contribution < -0.4 is 0 Å². The normalized spacial score (nSPS) is 15.2. The Morgan fingerprint density at radius 1 is 1.43 bits per heavy atom. The summed E-state index contributed by atoms with van der Waals surface area (Å²) < 4.78 is 30.4. The third-order valence-corrected chi connectivity index (χ3v) is 3.59. The van der Waals surface area contributed by atoms with Gasteiger partial charge >= 0.3 is 0 Å². The van der Waals surface area contributed by atoms with Gasteiger partial charge in [0.1, 0.15) is 0 Å². The molecular weight excluding hydrogens is 222 g/mol. The maximum Gasteiger partial charge on any atom is 0.294 e. The molecule has 0 spiro atoms. The first-order valence-corrected chi connectivity index (χ1v) is 6.27. The van der Waals surface area contributed by atoms with Crippen molar-refractivity contribution in [3.05, 3.63) is 18.2 Å². The maximum atomic E-state index is 10.8. The first kappa shape index (κ1) is 9.70. The zero-order valence-corrected chi connectivity index (χ0v) is 8.68. The lowest BCUT2D eigenvalue weighted by atomic mass is 10.3. The third-order valence-electron chi connectivity index (χ3n) is 1.77. The van der Waals surface area contributed by atoms with E-state index in [0.717, 1.165) is 10.6 Å². The van der Waals surface area contributed by atoms with Crippen molar-refractivity contribution in [3.63, 3.8) is 0 Å². The van der Waals surface area contributed by atoms with Gasteiger partial charge in [-0.1, -0.05) is 0 Å². The number of rotatable bonds is 1. The Balaban J connectivity index is 2.56. The van der Waals surface area contributed by atoms with Crippen LogP contribution in [0.4, 0.5) is 5.69 Å². The summed E-state index contributed by atoms with van der Waals surface area (Å²) in [7, 11) is -4.12. The van der Waals surface area contributed by atoms with E-state index in [9.17, 15) is 8.42 Å². The number of benzene rings is 1. The van der Waals surface area contributed by atoms with Gasteiger partial charge in [0, 0.05) is 16.9 Å². The van der Waals surface area contributed by atoms with E-state index in [4.69, 9.17) is 4.55 Å². The minimum Gasteiger partial charge on any atom is -0.282 e. The highest BCUT2D eigenvalue weighted by Crippen LogP contribution is 2.33. The lowest BCUT2D eigenvalue weighted by molar-refractivity contribution is 0.483. The Hall–Kier alpha value is -0.850. The smallest absolute Gasteiger partial charge is 0.282 e. The number of thioether (sulfide) groups is 1. The molecule has 0 radical (unpaired) electrons. The summed E-state index contributed by atoms with van der Waals surface area (Å²) in [5.41, 5.74) is 0.594. The molecule has 1 aromatic rings. The molecule has 1 aromatic carbocycles. The van der Waals surface area contributed by atoms with E-state index in [-0.39, 0.29) is 4.90 Å². The molecule has 0 saturated heterocycles. The average molecular weight is 229 g/mol. The Labute approximate surface area is 85.8 Å². The van der Waals surface area contributed by atoms with Crippen LogP contribution in [0.1, 0.15) is 0 Å². The predicted molar refractivity (Wildman–Crippen MR) is 55.1 cm³/mol. The number of fused-ring (bicyclic) bond motifs is 1. The first-order chi connectivity index (χ1) is 6.57. The van der Waals surface area contributed by atoms with E-state index in [1.807, 2.05) is 0 Å². The fourth-order valence-electron chi connectivity index (χ4n) is 1.14. The summed E-state index contributed by atoms with van der Waals surface area (Å²) in [6.07, 6.45) is 1.71. The van der Waals surface area contributed by atoms with Crippen LogP contribution in [0, 0.1) is 0 Å². The van der Waals surface area contributed by atoms with Crippen molar-refractivity contribution in [2.24, 2.45) is 4.99 Å². The minimum atomic E-state index is -4.12. The van der Waals surface area contributed by atoms with E-state index in [1.54, 1.807) is 24.0 Å². The number of hydrogen-bond acceptors (Lipinski definition) is 4. The van der Waals surface area contributed by atoms with Crippen LogP contribution in [-0.2, 0) is 10.1 Å². The van der Waals surface area contributed by atoms with E-state index < -0.39 is 10.1 Å². The number of nitrogens with zero attached hydrogens (tertiary/aromatic N) is 1. The first-order valence-electron chi connectivity index (χ1n) is 3.84. The summed E-state index contributed by atoms with van der Waals surface area (Å²) in [4.78, 5) is 4.86. The number of hydrogen-bond donors (Lipinski definition) is 1. The van der Waals surface area contributed by atoms with Gasteiger partial charge in [0.25, 0.3) is 10.1 Å². The molecule has 0 unspecified atom stereocenters. The van der Waals surface area contributed by atoms with Crippen LogP contribution >= 0.6 is 11.8 Å². The topological polar surface area (TPSA) is 66.7 Å². The maximum absolute atomic E-state index is 10.8. The van der Waals surface area contributed by atoms with Crippen LogP contribution in [0.15, 0.2) is 33.0 Å². The lowest BCUT2D eigenvalue weighted by Gasteiger charge is -2.09. The lowest BCUT2D eigenvalue weighted by Crippen LogP contribution is -1.98. The van der Waals surface area contributed by atoms with Crippen molar-refractivity contribution in [3.8, 4) is 0 Å². The Bertz CT molecular complexity index is 493. The van der Waals surface area contributed by atoms with Gasteiger partial charge in [0.05, 0.1) is 10.6 Å². The largest absolute Gasteiger partial charge is 0.294 e. The summed E-state index contributed by atoms with van der Waals surface area (Å²) >= 11 is 1.58. The fourth-order valence-corrected chi connectivity index (χ4v) is 2.40. The van der Waals surface area contributed by atoms with E-state index in [2.05, 4.69) is 4.99 Å². The molecule has 4 nitrogen and oxygen atoms in total. The van der Waals surface area contributed by atoms with Crippen molar-refractivity contribution >= 4 is 33.8 Å². The Morgan fingerprint density at radius 2 is 2.21 bits per heavy atom. The van der Waals surface area contributed by atoms with E-state index in [1.165, 1.54) is 12.1 Å². The van der Waals surface area contributed by atoms with Crippen LogP contribution in [-0.4, -0.2) is 24.9 Å². The molecular formula is C8H7NO3S2. The minimum absolute atomic E-state index is 0.115. The molecule has 0 fully saturated rings. The molecule has 14 heavy (non-hydrogen) atoms. The second-order valence-electron chi connectivity index (χ2n) is 2.73. The molecule has 0 aliphatic carbocycles. The molecule has 0 bridgehead atoms. The molecule has 0 aromatic heterocycles. The highest BCUT2D eigenvalue weighted by Gasteiger charge is 2.13. The molecule has 1 N–H and O–H groups in total. The van der Waals surface area contributed by atoms with E-state index in [0.29, 0.717) is 5.69 Å². The third kappa shape index (κ3) is 1.82. The molecule has 1 aliphatic rings. The van der Waals surface area contributed by atoms with Crippen LogP contribution in [0.2, 0.25) is 0 Å². The standard InChI is InChI=1S/C8H7NO3S2/c10-14(11,12)6-1-2-8-7(5-6)9-3-4-13-8/h1-3,5H,4H2,(H,10,11,12). The van der Waals surface area contributed by atoms with Crippen LogP contribution in [0.5, 0.6) is 0 Å². The summed E-state index contributed by atoms with van der Waals surface area (Å²) in [6.45, 7) is 0. The molecule has 0 saturated carbocycles. The average Bonchev–Trinajstić information content (AvgIpc) is 2.16. The summed E-state index contributed by atoms with van der Waals surface area (Å²) in [6, 6.07) is 4.40. The zero-order valence-electron chi connectivity index (χ0n) is 7.04. The van der Waals surface area contributed by atoms with Gasteiger partial charge in [-0.2, -0.15) is 8.42 Å². The molecule has 74 valence electrons.